The van der Waals surface area contributed by atoms with Crippen LogP contribution in [0.4, 0.5) is 0 Å². The summed E-state index contributed by atoms with van der Waals surface area (Å²) >= 11 is 3.52. The predicted molar refractivity (Wildman–Crippen MR) is 71.8 cm³/mol. The Labute approximate surface area is 102 Å². The summed E-state index contributed by atoms with van der Waals surface area (Å²) in [5.41, 5.74) is 2.90. The maximum atomic E-state index is 3.52. The average Bonchev–Trinajstić information content (AvgIpc) is 2.26. The topological polar surface area (TPSA) is 0 Å². The van der Waals surface area contributed by atoms with E-state index in [0.29, 0.717) is 5.92 Å². The smallest absolute Gasteiger partial charge is 0.00571 e. The van der Waals surface area contributed by atoms with Crippen LogP contribution in [0.2, 0.25) is 0 Å². The summed E-state index contributed by atoms with van der Waals surface area (Å²) in [6.07, 6.45) is 2.47. The monoisotopic (exact) mass is 268 g/mol. The van der Waals surface area contributed by atoms with Gasteiger partial charge in [-0.05, 0) is 35.8 Å². The van der Waals surface area contributed by atoms with Crippen LogP contribution in [0.5, 0.6) is 0 Å². The van der Waals surface area contributed by atoms with E-state index in [1.807, 2.05) is 0 Å². The lowest BCUT2D eigenvalue weighted by molar-refractivity contribution is 0.599. The molecule has 0 nitrogen and oxygen atoms in total. The quantitative estimate of drug-likeness (QED) is 0.675. The fourth-order valence-corrected chi connectivity index (χ4v) is 1.88. The minimum Gasteiger partial charge on any atom is -0.0925 e. The third kappa shape index (κ3) is 4.38. The van der Waals surface area contributed by atoms with Gasteiger partial charge in [0.05, 0.1) is 0 Å². The highest BCUT2D eigenvalue weighted by molar-refractivity contribution is 9.09. The predicted octanol–water partition coefficient (Wildman–Crippen LogP) is 4.77. The normalized spacial score (nSPS) is 13.1. The fourth-order valence-electron chi connectivity index (χ4n) is 1.56. The average molecular weight is 269 g/mol. The summed E-state index contributed by atoms with van der Waals surface area (Å²) in [7, 11) is 0. The number of hydrogen-bond acceptors (Lipinski definition) is 0. The van der Waals surface area contributed by atoms with E-state index < -0.39 is 0 Å². The molecule has 0 spiro atoms. The van der Waals surface area contributed by atoms with Crippen molar-refractivity contribution in [2.75, 3.05) is 5.33 Å². The van der Waals surface area contributed by atoms with Gasteiger partial charge in [0.1, 0.15) is 0 Å². The molecule has 0 aromatic heterocycles. The molecule has 0 saturated heterocycles. The molecule has 0 heterocycles. The zero-order valence-corrected chi connectivity index (χ0v) is 11.5. The summed E-state index contributed by atoms with van der Waals surface area (Å²) in [6.45, 7) is 6.76. The standard InChI is InChI=1S/C14H21Br/c1-11(2)14-8-6-13(7-9-14)5-4-12(3)10-15/h6-9,11-12H,4-5,10H2,1-3H3. The van der Waals surface area contributed by atoms with Crippen molar-refractivity contribution >= 4 is 15.9 Å². The second-order valence-corrected chi connectivity index (χ2v) is 5.34. The lowest BCUT2D eigenvalue weighted by atomic mass is 9.98. The van der Waals surface area contributed by atoms with Crippen LogP contribution in [0.1, 0.15) is 44.2 Å². The SMILES string of the molecule is CC(CBr)CCc1ccc(C(C)C)cc1. The summed E-state index contributed by atoms with van der Waals surface area (Å²) in [5, 5.41) is 1.11. The van der Waals surface area contributed by atoms with E-state index in [4.69, 9.17) is 0 Å². The number of hydrogen-bond donors (Lipinski definition) is 0. The van der Waals surface area contributed by atoms with E-state index in [-0.39, 0.29) is 0 Å². The molecule has 0 aliphatic rings. The Balaban J connectivity index is 2.50. The molecule has 0 aliphatic carbocycles. The van der Waals surface area contributed by atoms with Crippen molar-refractivity contribution in [2.24, 2.45) is 5.92 Å². The Morgan fingerprint density at radius 1 is 1.07 bits per heavy atom. The Morgan fingerprint density at radius 3 is 2.13 bits per heavy atom. The second kappa shape index (κ2) is 6.32. The molecule has 0 radical (unpaired) electrons. The first-order chi connectivity index (χ1) is 7.13. The van der Waals surface area contributed by atoms with Crippen molar-refractivity contribution in [3.05, 3.63) is 35.4 Å². The summed E-state index contributed by atoms with van der Waals surface area (Å²) in [6, 6.07) is 9.07. The Kier molecular flexibility index (Phi) is 5.38. The molecule has 0 aliphatic heterocycles. The lowest BCUT2D eigenvalue weighted by Gasteiger charge is -2.09. The maximum Gasteiger partial charge on any atom is 0.00571 e. The highest BCUT2D eigenvalue weighted by Gasteiger charge is 2.02. The van der Waals surface area contributed by atoms with Crippen LogP contribution in [-0.4, -0.2) is 5.33 Å². The van der Waals surface area contributed by atoms with Gasteiger partial charge in [0, 0.05) is 5.33 Å². The third-order valence-electron chi connectivity index (χ3n) is 2.84. The molecule has 15 heavy (non-hydrogen) atoms. The van der Waals surface area contributed by atoms with Gasteiger partial charge in [-0.1, -0.05) is 61.0 Å². The van der Waals surface area contributed by atoms with Gasteiger partial charge in [-0.15, -0.1) is 0 Å². The van der Waals surface area contributed by atoms with Crippen molar-refractivity contribution in [3.8, 4) is 0 Å². The molecule has 84 valence electrons. The number of rotatable bonds is 5. The first-order valence-electron chi connectivity index (χ1n) is 5.78. The van der Waals surface area contributed by atoms with Crippen LogP contribution < -0.4 is 0 Å². The van der Waals surface area contributed by atoms with Gasteiger partial charge in [-0.3, -0.25) is 0 Å². The Hall–Kier alpha value is -0.300. The highest BCUT2D eigenvalue weighted by atomic mass is 79.9. The van der Waals surface area contributed by atoms with Gasteiger partial charge >= 0.3 is 0 Å². The van der Waals surface area contributed by atoms with Crippen molar-refractivity contribution in [1.82, 2.24) is 0 Å². The van der Waals surface area contributed by atoms with Gasteiger partial charge in [0.2, 0.25) is 0 Å². The van der Waals surface area contributed by atoms with E-state index in [0.717, 1.165) is 11.2 Å². The molecular weight excluding hydrogens is 248 g/mol. The molecule has 1 heteroatoms. The molecule has 1 rings (SSSR count). The van der Waals surface area contributed by atoms with Crippen LogP contribution in [0.3, 0.4) is 0 Å². The van der Waals surface area contributed by atoms with Gasteiger partial charge in [-0.2, -0.15) is 0 Å². The Bertz CT molecular complexity index is 274. The van der Waals surface area contributed by atoms with Gasteiger partial charge in [0.25, 0.3) is 0 Å². The van der Waals surface area contributed by atoms with E-state index >= 15 is 0 Å². The Morgan fingerprint density at radius 2 is 1.67 bits per heavy atom. The number of alkyl halides is 1. The first-order valence-corrected chi connectivity index (χ1v) is 6.90. The number of aryl methyl sites for hydroxylation is 1. The van der Waals surface area contributed by atoms with E-state index in [2.05, 4.69) is 61.0 Å². The van der Waals surface area contributed by atoms with E-state index in [9.17, 15) is 0 Å². The molecule has 0 fully saturated rings. The zero-order chi connectivity index (χ0) is 11.3. The summed E-state index contributed by atoms with van der Waals surface area (Å²) in [4.78, 5) is 0. The van der Waals surface area contributed by atoms with Crippen LogP contribution in [0, 0.1) is 5.92 Å². The first kappa shape index (κ1) is 12.8. The zero-order valence-electron chi connectivity index (χ0n) is 9.96. The van der Waals surface area contributed by atoms with Gasteiger partial charge in [-0.25, -0.2) is 0 Å². The van der Waals surface area contributed by atoms with E-state index in [1.54, 1.807) is 0 Å². The molecule has 1 aromatic carbocycles. The molecule has 1 aromatic rings. The molecule has 0 N–H and O–H groups in total. The minimum atomic E-state index is 0.639. The molecular formula is C14H21Br. The van der Waals surface area contributed by atoms with Crippen molar-refractivity contribution in [1.29, 1.82) is 0 Å². The molecule has 0 amide bonds. The second-order valence-electron chi connectivity index (χ2n) is 4.69. The lowest BCUT2D eigenvalue weighted by Crippen LogP contribution is -1.98. The summed E-state index contributed by atoms with van der Waals surface area (Å²) in [5.74, 6) is 1.41. The van der Waals surface area contributed by atoms with Gasteiger partial charge in [0.15, 0.2) is 0 Å². The van der Waals surface area contributed by atoms with Crippen LogP contribution in [0.15, 0.2) is 24.3 Å². The molecule has 0 bridgehead atoms. The summed E-state index contributed by atoms with van der Waals surface area (Å²) < 4.78 is 0. The fraction of sp³-hybridized carbons (Fsp3) is 0.571. The van der Waals surface area contributed by atoms with Crippen molar-refractivity contribution in [2.45, 2.75) is 39.5 Å². The third-order valence-corrected chi connectivity index (χ3v) is 3.94. The van der Waals surface area contributed by atoms with Crippen LogP contribution in [-0.2, 0) is 6.42 Å². The molecule has 0 saturated carbocycles. The van der Waals surface area contributed by atoms with Gasteiger partial charge < -0.3 is 0 Å². The van der Waals surface area contributed by atoms with Crippen molar-refractivity contribution < 1.29 is 0 Å². The van der Waals surface area contributed by atoms with E-state index in [1.165, 1.54) is 24.0 Å². The van der Waals surface area contributed by atoms with Crippen molar-refractivity contribution in [3.63, 3.8) is 0 Å². The number of halogens is 1. The maximum absolute atomic E-state index is 3.52. The van der Waals surface area contributed by atoms with Crippen LogP contribution in [0.25, 0.3) is 0 Å². The molecule has 1 atom stereocenters. The molecule has 1 unspecified atom stereocenters. The minimum absolute atomic E-state index is 0.639. The highest BCUT2D eigenvalue weighted by Crippen LogP contribution is 2.17. The van der Waals surface area contributed by atoms with Crippen LogP contribution >= 0.6 is 15.9 Å². The largest absolute Gasteiger partial charge is 0.0925 e. The number of benzene rings is 1.